The minimum Gasteiger partial charge on any atom is -0.391 e. The number of aliphatic hydroxyl groups is 1. The van der Waals surface area contributed by atoms with Crippen molar-refractivity contribution >= 4 is 0 Å². The predicted molar refractivity (Wildman–Crippen MR) is 82.0 cm³/mol. The Morgan fingerprint density at radius 2 is 2.00 bits per heavy atom. The van der Waals surface area contributed by atoms with Crippen molar-refractivity contribution in [2.24, 2.45) is 17.8 Å². The average Bonchev–Trinajstić information content (AvgIpc) is 2.98. The second-order valence-electron chi connectivity index (χ2n) is 7.52. The number of aryl methyl sites for hydroxylation is 1. The van der Waals surface area contributed by atoms with Gasteiger partial charge in [0.25, 0.3) is 0 Å². The SMILES string of the molecule is Cc1nccn1[C@H]1C[C@H]2CN(CC3CCC3)C[C@H]2C[C@@H]1O. The first-order valence-electron chi connectivity index (χ1n) is 8.60. The molecule has 0 bridgehead atoms. The Labute approximate surface area is 127 Å². The van der Waals surface area contributed by atoms with Crippen LogP contribution in [0.5, 0.6) is 0 Å². The van der Waals surface area contributed by atoms with E-state index in [4.69, 9.17) is 0 Å². The fourth-order valence-electron chi connectivity index (χ4n) is 4.73. The van der Waals surface area contributed by atoms with Crippen LogP contribution in [-0.4, -0.2) is 45.3 Å². The van der Waals surface area contributed by atoms with Crippen molar-refractivity contribution in [2.45, 2.75) is 51.2 Å². The Bertz CT molecular complexity index is 496. The topological polar surface area (TPSA) is 41.3 Å². The number of aromatic nitrogens is 2. The molecule has 2 saturated carbocycles. The van der Waals surface area contributed by atoms with Gasteiger partial charge in [-0.1, -0.05) is 6.42 Å². The van der Waals surface area contributed by atoms with Gasteiger partial charge >= 0.3 is 0 Å². The summed E-state index contributed by atoms with van der Waals surface area (Å²) in [5.74, 6) is 3.46. The lowest BCUT2D eigenvalue weighted by molar-refractivity contribution is 0.0349. The van der Waals surface area contributed by atoms with Crippen molar-refractivity contribution in [2.75, 3.05) is 19.6 Å². The maximum absolute atomic E-state index is 10.6. The molecule has 0 spiro atoms. The Hall–Kier alpha value is -0.870. The van der Waals surface area contributed by atoms with E-state index in [1.807, 2.05) is 19.3 Å². The summed E-state index contributed by atoms with van der Waals surface area (Å²) >= 11 is 0. The van der Waals surface area contributed by atoms with Gasteiger partial charge < -0.3 is 14.6 Å². The number of hydrogen-bond acceptors (Lipinski definition) is 3. The van der Waals surface area contributed by atoms with Crippen molar-refractivity contribution in [3.8, 4) is 0 Å². The second kappa shape index (κ2) is 5.40. The molecule has 21 heavy (non-hydrogen) atoms. The summed E-state index contributed by atoms with van der Waals surface area (Å²) in [5, 5.41) is 10.6. The monoisotopic (exact) mass is 289 g/mol. The zero-order valence-corrected chi connectivity index (χ0v) is 13.0. The summed E-state index contributed by atoms with van der Waals surface area (Å²) in [6.45, 7) is 5.81. The molecule has 4 atom stereocenters. The first kappa shape index (κ1) is 13.8. The second-order valence-corrected chi connectivity index (χ2v) is 7.52. The van der Waals surface area contributed by atoms with Crippen molar-refractivity contribution in [1.82, 2.24) is 14.5 Å². The first-order valence-corrected chi connectivity index (χ1v) is 8.60. The molecule has 2 aliphatic carbocycles. The van der Waals surface area contributed by atoms with E-state index in [1.165, 1.54) is 38.9 Å². The van der Waals surface area contributed by atoms with E-state index in [-0.39, 0.29) is 12.1 Å². The molecule has 116 valence electrons. The van der Waals surface area contributed by atoms with Crippen molar-refractivity contribution in [3.63, 3.8) is 0 Å². The lowest BCUT2D eigenvalue weighted by Gasteiger charge is -2.36. The highest BCUT2D eigenvalue weighted by atomic mass is 16.3. The van der Waals surface area contributed by atoms with Gasteiger partial charge in [-0.25, -0.2) is 4.98 Å². The van der Waals surface area contributed by atoms with Gasteiger partial charge in [0.2, 0.25) is 0 Å². The van der Waals surface area contributed by atoms with Crippen LogP contribution >= 0.6 is 0 Å². The molecule has 1 aliphatic heterocycles. The fourth-order valence-corrected chi connectivity index (χ4v) is 4.73. The zero-order chi connectivity index (χ0) is 14.4. The molecule has 3 aliphatic rings. The van der Waals surface area contributed by atoms with Crippen LogP contribution in [0.15, 0.2) is 12.4 Å². The van der Waals surface area contributed by atoms with E-state index in [2.05, 4.69) is 14.5 Å². The molecule has 0 aromatic carbocycles. The molecule has 3 fully saturated rings. The normalized spacial score (nSPS) is 37.4. The molecular weight excluding hydrogens is 262 g/mol. The molecular formula is C17H27N3O. The number of hydrogen-bond donors (Lipinski definition) is 1. The Morgan fingerprint density at radius 3 is 2.62 bits per heavy atom. The van der Waals surface area contributed by atoms with E-state index >= 15 is 0 Å². The van der Waals surface area contributed by atoms with E-state index in [0.717, 1.165) is 30.5 Å². The van der Waals surface area contributed by atoms with Crippen LogP contribution in [0.2, 0.25) is 0 Å². The number of aliphatic hydroxyl groups excluding tert-OH is 1. The minimum atomic E-state index is -0.206. The van der Waals surface area contributed by atoms with E-state index < -0.39 is 0 Å². The van der Waals surface area contributed by atoms with Crippen LogP contribution in [0.4, 0.5) is 0 Å². The third-order valence-electron chi connectivity index (χ3n) is 6.15. The Morgan fingerprint density at radius 1 is 1.24 bits per heavy atom. The Balaban J connectivity index is 1.43. The van der Waals surface area contributed by atoms with Gasteiger partial charge in [0.05, 0.1) is 12.1 Å². The highest BCUT2D eigenvalue weighted by Crippen LogP contribution is 2.42. The summed E-state index contributed by atoms with van der Waals surface area (Å²) in [4.78, 5) is 7.00. The van der Waals surface area contributed by atoms with Crippen LogP contribution in [-0.2, 0) is 0 Å². The quantitative estimate of drug-likeness (QED) is 0.928. The van der Waals surface area contributed by atoms with Crippen molar-refractivity contribution in [1.29, 1.82) is 0 Å². The summed E-state index contributed by atoms with van der Waals surface area (Å²) < 4.78 is 2.19. The van der Waals surface area contributed by atoms with Crippen LogP contribution in [0.25, 0.3) is 0 Å². The molecule has 1 saturated heterocycles. The van der Waals surface area contributed by atoms with E-state index in [1.54, 1.807) is 0 Å². The standard InChI is InChI=1S/C17H27N3O/c1-12-18-5-6-20(12)16-7-14-10-19(9-13-3-2-4-13)11-15(14)8-17(16)21/h5-6,13-17,21H,2-4,7-11H2,1H3/t14-,15+,16-,17-/m0/s1. The summed E-state index contributed by atoms with van der Waals surface area (Å²) in [7, 11) is 0. The molecule has 2 heterocycles. The van der Waals surface area contributed by atoms with Gasteiger partial charge in [0, 0.05) is 32.0 Å². The van der Waals surface area contributed by atoms with Gasteiger partial charge in [0.15, 0.2) is 0 Å². The molecule has 0 unspecified atom stereocenters. The fraction of sp³-hybridized carbons (Fsp3) is 0.824. The van der Waals surface area contributed by atoms with Gasteiger partial charge in [-0.15, -0.1) is 0 Å². The number of imidazole rings is 1. The molecule has 4 nitrogen and oxygen atoms in total. The molecule has 0 amide bonds. The van der Waals surface area contributed by atoms with E-state index in [9.17, 15) is 5.11 Å². The predicted octanol–water partition coefficient (Wildman–Crippen LogP) is 2.24. The van der Waals surface area contributed by atoms with Crippen LogP contribution in [0.3, 0.4) is 0 Å². The molecule has 1 N–H and O–H groups in total. The van der Waals surface area contributed by atoms with Crippen molar-refractivity contribution in [3.05, 3.63) is 18.2 Å². The number of nitrogens with zero attached hydrogens (tertiary/aromatic N) is 3. The van der Waals surface area contributed by atoms with Gasteiger partial charge in [-0.05, 0) is 50.4 Å². The third-order valence-corrected chi connectivity index (χ3v) is 6.15. The number of fused-ring (bicyclic) bond motifs is 1. The lowest BCUT2D eigenvalue weighted by Crippen LogP contribution is -2.36. The Kier molecular flexibility index (Phi) is 3.54. The van der Waals surface area contributed by atoms with Gasteiger partial charge in [-0.3, -0.25) is 0 Å². The molecule has 1 aromatic rings. The number of likely N-dealkylation sites (tertiary alicyclic amines) is 1. The first-order chi connectivity index (χ1) is 10.2. The molecule has 1 aromatic heterocycles. The lowest BCUT2D eigenvalue weighted by atomic mass is 9.77. The average molecular weight is 289 g/mol. The third kappa shape index (κ3) is 2.53. The van der Waals surface area contributed by atoms with Crippen LogP contribution in [0.1, 0.15) is 44.0 Å². The molecule has 0 radical (unpaired) electrons. The molecule has 4 rings (SSSR count). The highest BCUT2D eigenvalue weighted by molar-refractivity contribution is 5.00. The van der Waals surface area contributed by atoms with Crippen LogP contribution < -0.4 is 0 Å². The van der Waals surface area contributed by atoms with Gasteiger partial charge in [0.1, 0.15) is 5.82 Å². The largest absolute Gasteiger partial charge is 0.391 e. The maximum atomic E-state index is 10.6. The summed E-state index contributed by atoms with van der Waals surface area (Å²) in [6, 6.07) is 0.234. The smallest absolute Gasteiger partial charge is 0.105 e. The molecule has 4 heteroatoms. The van der Waals surface area contributed by atoms with Gasteiger partial charge in [-0.2, -0.15) is 0 Å². The minimum absolute atomic E-state index is 0.206. The zero-order valence-electron chi connectivity index (χ0n) is 13.0. The highest BCUT2D eigenvalue weighted by Gasteiger charge is 2.42. The number of rotatable bonds is 3. The summed E-state index contributed by atoms with van der Waals surface area (Å²) in [5.41, 5.74) is 0. The maximum Gasteiger partial charge on any atom is 0.105 e. The van der Waals surface area contributed by atoms with E-state index in [0.29, 0.717) is 5.92 Å². The summed E-state index contributed by atoms with van der Waals surface area (Å²) in [6.07, 6.45) is 10.1. The van der Waals surface area contributed by atoms with Crippen molar-refractivity contribution < 1.29 is 5.11 Å². The van der Waals surface area contributed by atoms with Crippen LogP contribution in [0, 0.1) is 24.7 Å².